The van der Waals surface area contributed by atoms with Crippen LogP contribution in [-0.2, 0) is 6.42 Å². The van der Waals surface area contributed by atoms with Gasteiger partial charge in [-0.3, -0.25) is 15.1 Å². The van der Waals surface area contributed by atoms with E-state index in [4.69, 9.17) is 0 Å². The van der Waals surface area contributed by atoms with Crippen LogP contribution in [0.3, 0.4) is 0 Å². The Balaban J connectivity index is 2.03. The van der Waals surface area contributed by atoms with E-state index < -0.39 is 22.7 Å². The van der Waals surface area contributed by atoms with Gasteiger partial charge in [0.1, 0.15) is 6.20 Å². The summed E-state index contributed by atoms with van der Waals surface area (Å²) < 4.78 is 27.5. The maximum Gasteiger partial charge on any atom is 0.287 e. The van der Waals surface area contributed by atoms with Gasteiger partial charge in [-0.15, -0.1) is 0 Å². The molecule has 0 bridgehead atoms. The Morgan fingerprint density at radius 2 is 2.09 bits per heavy atom. The SMILES string of the molecule is O=[N+]([O-])c1cnc2c(c1)CC(c1cccc(F)c1F)CCC2O. The third kappa shape index (κ3) is 2.92. The number of rotatable bonds is 2. The van der Waals surface area contributed by atoms with Crippen molar-refractivity contribution < 1.29 is 18.8 Å². The van der Waals surface area contributed by atoms with Gasteiger partial charge in [0.2, 0.25) is 0 Å². The predicted octanol–water partition coefficient (Wildman–Crippen LogP) is 3.42. The molecule has 1 aromatic carbocycles. The van der Waals surface area contributed by atoms with E-state index in [1.807, 2.05) is 0 Å². The quantitative estimate of drug-likeness (QED) is 0.522. The summed E-state index contributed by atoms with van der Waals surface area (Å²) in [6.07, 6.45) is 1.27. The number of fused-ring (bicyclic) bond motifs is 1. The molecule has 0 saturated carbocycles. The van der Waals surface area contributed by atoms with Gasteiger partial charge in [-0.05, 0) is 42.4 Å². The standard InChI is InChI=1S/C16H14F2N2O3/c17-13-3-1-2-12(15(13)18)9-4-5-14(21)16-10(6-9)7-11(8-19-16)20(22)23/h1-3,7-9,14,21H,4-6H2. The van der Waals surface area contributed by atoms with Crippen molar-refractivity contribution in [2.75, 3.05) is 0 Å². The first-order chi connectivity index (χ1) is 11.0. The van der Waals surface area contributed by atoms with Crippen molar-refractivity contribution in [1.82, 2.24) is 4.98 Å². The van der Waals surface area contributed by atoms with Crippen molar-refractivity contribution in [2.45, 2.75) is 31.3 Å². The van der Waals surface area contributed by atoms with Gasteiger partial charge in [0, 0.05) is 6.07 Å². The molecule has 0 saturated heterocycles. The molecule has 2 atom stereocenters. The highest BCUT2D eigenvalue weighted by molar-refractivity contribution is 5.38. The van der Waals surface area contributed by atoms with Gasteiger partial charge in [0.15, 0.2) is 11.6 Å². The molecule has 23 heavy (non-hydrogen) atoms. The minimum atomic E-state index is -0.926. The average Bonchev–Trinajstić information content (AvgIpc) is 2.69. The van der Waals surface area contributed by atoms with Crippen LogP contribution >= 0.6 is 0 Å². The number of nitro groups is 1. The first-order valence-electron chi connectivity index (χ1n) is 7.22. The highest BCUT2D eigenvalue weighted by Gasteiger charge is 2.28. The lowest BCUT2D eigenvalue weighted by atomic mass is 9.89. The molecule has 1 N–H and O–H groups in total. The fourth-order valence-corrected chi connectivity index (χ4v) is 3.04. The normalized spacial score (nSPS) is 20.7. The van der Waals surface area contributed by atoms with E-state index in [1.54, 1.807) is 0 Å². The Bertz CT molecular complexity index is 767. The summed E-state index contributed by atoms with van der Waals surface area (Å²) in [5, 5.41) is 21.1. The lowest BCUT2D eigenvalue weighted by Gasteiger charge is -2.16. The van der Waals surface area contributed by atoms with Crippen LogP contribution in [-0.4, -0.2) is 15.0 Å². The molecule has 120 valence electrons. The molecule has 1 heterocycles. The number of nitrogens with zero attached hydrogens (tertiary/aromatic N) is 2. The third-order valence-electron chi connectivity index (χ3n) is 4.19. The van der Waals surface area contributed by atoms with Crippen LogP contribution in [0.15, 0.2) is 30.5 Å². The average molecular weight is 320 g/mol. The van der Waals surface area contributed by atoms with Gasteiger partial charge in [0.05, 0.1) is 16.7 Å². The fourth-order valence-electron chi connectivity index (χ4n) is 3.04. The molecule has 2 aromatic rings. The Kier molecular flexibility index (Phi) is 4.04. The smallest absolute Gasteiger partial charge is 0.287 e. The summed E-state index contributed by atoms with van der Waals surface area (Å²) in [6, 6.07) is 5.33. The highest BCUT2D eigenvalue weighted by atomic mass is 19.2. The number of benzene rings is 1. The monoisotopic (exact) mass is 320 g/mol. The largest absolute Gasteiger partial charge is 0.387 e. The summed E-state index contributed by atoms with van der Waals surface area (Å²) in [6.45, 7) is 0. The van der Waals surface area contributed by atoms with Gasteiger partial charge < -0.3 is 5.11 Å². The van der Waals surface area contributed by atoms with Crippen LogP contribution in [0.25, 0.3) is 0 Å². The number of halogens is 2. The van der Waals surface area contributed by atoms with E-state index in [0.29, 0.717) is 24.1 Å². The number of pyridine rings is 1. The molecular weight excluding hydrogens is 306 g/mol. The maximum atomic E-state index is 14.0. The molecular formula is C16H14F2N2O3. The van der Waals surface area contributed by atoms with Crippen LogP contribution < -0.4 is 0 Å². The Labute approximate surface area is 130 Å². The van der Waals surface area contributed by atoms with Crippen LogP contribution in [0, 0.1) is 21.7 Å². The Morgan fingerprint density at radius 1 is 1.30 bits per heavy atom. The van der Waals surface area contributed by atoms with Crippen molar-refractivity contribution in [3.63, 3.8) is 0 Å². The van der Waals surface area contributed by atoms with Crippen LogP contribution in [0.1, 0.15) is 41.7 Å². The topological polar surface area (TPSA) is 76.3 Å². The van der Waals surface area contributed by atoms with E-state index >= 15 is 0 Å². The van der Waals surface area contributed by atoms with E-state index in [-0.39, 0.29) is 23.6 Å². The molecule has 1 aliphatic carbocycles. The zero-order valence-corrected chi connectivity index (χ0v) is 12.1. The molecule has 5 nitrogen and oxygen atoms in total. The van der Waals surface area contributed by atoms with Crippen LogP contribution in [0.5, 0.6) is 0 Å². The minimum Gasteiger partial charge on any atom is -0.387 e. The summed E-state index contributed by atoms with van der Waals surface area (Å²) in [5.41, 5.74) is 0.903. The minimum absolute atomic E-state index is 0.184. The van der Waals surface area contributed by atoms with Gasteiger partial charge in [-0.25, -0.2) is 8.78 Å². The molecule has 0 radical (unpaired) electrons. The lowest BCUT2D eigenvalue weighted by molar-refractivity contribution is -0.385. The Morgan fingerprint density at radius 3 is 2.83 bits per heavy atom. The number of aliphatic hydroxyl groups excluding tert-OH is 1. The maximum absolute atomic E-state index is 14.0. The fraction of sp³-hybridized carbons (Fsp3) is 0.312. The highest BCUT2D eigenvalue weighted by Crippen LogP contribution is 2.37. The Hall–Kier alpha value is -2.41. The summed E-state index contributed by atoms with van der Waals surface area (Å²) in [7, 11) is 0. The molecule has 3 rings (SSSR count). The molecule has 1 aromatic heterocycles. The molecule has 0 fully saturated rings. The van der Waals surface area contributed by atoms with Crippen LogP contribution in [0.4, 0.5) is 14.5 Å². The number of hydrogen-bond acceptors (Lipinski definition) is 4. The van der Waals surface area contributed by atoms with E-state index in [2.05, 4.69) is 4.98 Å². The molecule has 0 spiro atoms. The van der Waals surface area contributed by atoms with Crippen molar-refractivity contribution in [3.05, 3.63) is 69.0 Å². The van der Waals surface area contributed by atoms with E-state index in [0.717, 1.165) is 12.3 Å². The van der Waals surface area contributed by atoms with Gasteiger partial charge in [-0.2, -0.15) is 0 Å². The third-order valence-corrected chi connectivity index (χ3v) is 4.19. The van der Waals surface area contributed by atoms with E-state index in [9.17, 15) is 24.0 Å². The predicted molar refractivity (Wildman–Crippen MR) is 77.9 cm³/mol. The zero-order chi connectivity index (χ0) is 16.6. The van der Waals surface area contributed by atoms with Gasteiger partial charge >= 0.3 is 0 Å². The second-order valence-electron chi connectivity index (χ2n) is 5.63. The summed E-state index contributed by atoms with van der Waals surface area (Å²) >= 11 is 0. The molecule has 2 unspecified atom stereocenters. The van der Waals surface area contributed by atoms with Crippen LogP contribution in [0.2, 0.25) is 0 Å². The van der Waals surface area contributed by atoms with E-state index in [1.165, 1.54) is 18.2 Å². The number of hydrogen-bond donors (Lipinski definition) is 1. The molecule has 0 amide bonds. The molecule has 7 heteroatoms. The van der Waals surface area contributed by atoms with Crippen molar-refractivity contribution in [3.8, 4) is 0 Å². The first-order valence-corrected chi connectivity index (χ1v) is 7.22. The van der Waals surface area contributed by atoms with Crippen molar-refractivity contribution >= 4 is 5.69 Å². The molecule has 1 aliphatic rings. The summed E-state index contributed by atoms with van der Waals surface area (Å²) in [5.74, 6) is -2.20. The zero-order valence-electron chi connectivity index (χ0n) is 12.1. The van der Waals surface area contributed by atoms with Gasteiger partial charge in [-0.1, -0.05) is 12.1 Å². The second-order valence-corrected chi connectivity index (χ2v) is 5.63. The first kappa shape index (κ1) is 15.5. The van der Waals surface area contributed by atoms with Crippen molar-refractivity contribution in [2.24, 2.45) is 0 Å². The van der Waals surface area contributed by atoms with Gasteiger partial charge in [0.25, 0.3) is 5.69 Å². The van der Waals surface area contributed by atoms with Crippen molar-refractivity contribution in [1.29, 1.82) is 0 Å². The molecule has 0 aliphatic heterocycles. The lowest BCUT2D eigenvalue weighted by Crippen LogP contribution is -2.06. The second kappa shape index (κ2) is 6.00. The number of aliphatic hydroxyl groups is 1. The number of aromatic nitrogens is 1. The summed E-state index contributed by atoms with van der Waals surface area (Å²) in [4.78, 5) is 14.3.